The van der Waals surface area contributed by atoms with Crippen molar-refractivity contribution in [3.05, 3.63) is 44.8 Å². The van der Waals surface area contributed by atoms with E-state index in [1.54, 1.807) is 23.6 Å². The van der Waals surface area contributed by atoms with Crippen LogP contribution in [0.4, 0.5) is 5.69 Å². The molecule has 0 aliphatic heterocycles. The maximum Gasteiger partial charge on any atom is 0.278 e. The molecule has 0 radical (unpaired) electrons. The topological polar surface area (TPSA) is 82.0 Å². The molecule has 0 saturated heterocycles. The fraction of sp³-hybridized carbons (Fsp3) is 0.250. The van der Waals surface area contributed by atoms with Crippen LogP contribution in [0.3, 0.4) is 0 Å². The molecule has 94 valence electrons. The molecule has 0 atom stereocenters. The average molecular weight is 263 g/mol. The van der Waals surface area contributed by atoms with E-state index in [-0.39, 0.29) is 5.69 Å². The summed E-state index contributed by atoms with van der Waals surface area (Å²) in [7, 11) is 0. The van der Waals surface area contributed by atoms with Crippen molar-refractivity contribution < 1.29 is 4.92 Å². The highest BCUT2D eigenvalue weighted by Gasteiger charge is 2.21. The number of nitro benzene ring substituents is 1. The summed E-state index contributed by atoms with van der Waals surface area (Å²) in [5.74, 6) is 0. The van der Waals surface area contributed by atoms with Crippen LogP contribution in [0.5, 0.6) is 0 Å². The summed E-state index contributed by atoms with van der Waals surface area (Å²) in [6.45, 7) is 3.71. The maximum atomic E-state index is 11.0. The minimum atomic E-state index is -0.535. The zero-order chi connectivity index (χ0) is 13.3. The predicted molar refractivity (Wildman–Crippen MR) is 71.4 cm³/mol. The fourth-order valence-corrected chi connectivity index (χ4v) is 2.40. The minimum Gasteiger partial charge on any atom is -0.320 e. The Morgan fingerprint density at radius 1 is 1.39 bits per heavy atom. The highest BCUT2D eigenvalue weighted by molar-refractivity contribution is 7.10. The third-order valence-electron chi connectivity index (χ3n) is 2.43. The number of para-hydroxylation sites is 1. The second-order valence-electron chi connectivity index (χ2n) is 4.53. The number of nitro groups is 1. The summed E-state index contributed by atoms with van der Waals surface area (Å²) < 4.78 is 0. The number of aromatic nitrogens is 1. The lowest BCUT2D eigenvalue weighted by molar-refractivity contribution is -0.384. The first-order valence-electron chi connectivity index (χ1n) is 5.38. The quantitative estimate of drug-likeness (QED) is 0.681. The molecule has 0 saturated carbocycles. The molecule has 0 fully saturated rings. The summed E-state index contributed by atoms with van der Waals surface area (Å²) in [4.78, 5) is 14.9. The molecule has 0 amide bonds. The van der Waals surface area contributed by atoms with Gasteiger partial charge in [-0.05, 0) is 19.9 Å². The highest BCUT2D eigenvalue weighted by Crippen LogP contribution is 2.32. The Kier molecular flexibility index (Phi) is 3.14. The molecule has 6 heteroatoms. The van der Waals surface area contributed by atoms with E-state index in [0.717, 1.165) is 5.01 Å². The van der Waals surface area contributed by atoms with Crippen LogP contribution in [0.15, 0.2) is 29.6 Å². The fourth-order valence-electron chi connectivity index (χ4n) is 1.54. The number of hydrogen-bond acceptors (Lipinski definition) is 5. The van der Waals surface area contributed by atoms with Crippen LogP contribution in [-0.4, -0.2) is 9.91 Å². The van der Waals surface area contributed by atoms with Crippen molar-refractivity contribution in [2.24, 2.45) is 5.73 Å². The molecule has 0 aliphatic carbocycles. The number of rotatable bonds is 3. The Bertz CT molecular complexity index is 587. The number of benzene rings is 1. The van der Waals surface area contributed by atoms with Crippen molar-refractivity contribution in [1.29, 1.82) is 0 Å². The van der Waals surface area contributed by atoms with Crippen LogP contribution < -0.4 is 5.73 Å². The zero-order valence-electron chi connectivity index (χ0n) is 10.1. The van der Waals surface area contributed by atoms with Crippen LogP contribution in [0.25, 0.3) is 11.3 Å². The molecular weight excluding hydrogens is 250 g/mol. The van der Waals surface area contributed by atoms with Gasteiger partial charge in [0.05, 0.1) is 21.7 Å². The van der Waals surface area contributed by atoms with E-state index in [1.165, 1.54) is 17.4 Å². The molecule has 18 heavy (non-hydrogen) atoms. The van der Waals surface area contributed by atoms with E-state index in [1.807, 2.05) is 13.8 Å². The van der Waals surface area contributed by atoms with E-state index in [2.05, 4.69) is 4.98 Å². The van der Waals surface area contributed by atoms with Gasteiger partial charge in [-0.15, -0.1) is 11.3 Å². The van der Waals surface area contributed by atoms with Crippen molar-refractivity contribution in [3.63, 3.8) is 0 Å². The lowest BCUT2D eigenvalue weighted by atomic mass is 10.1. The summed E-state index contributed by atoms with van der Waals surface area (Å²) in [6.07, 6.45) is 0. The molecule has 1 aromatic carbocycles. The Balaban J connectivity index is 2.50. The Hall–Kier alpha value is -1.79. The van der Waals surface area contributed by atoms with E-state index in [9.17, 15) is 10.1 Å². The van der Waals surface area contributed by atoms with Gasteiger partial charge in [0.1, 0.15) is 5.01 Å². The summed E-state index contributed by atoms with van der Waals surface area (Å²) in [5, 5.41) is 13.5. The van der Waals surface area contributed by atoms with Crippen molar-refractivity contribution in [2.45, 2.75) is 19.4 Å². The molecule has 0 unspecified atom stereocenters. The summed E-state index contributed by atoms with van der Waals surface area (Å²) in [6, 6.07) is 6.57. The average Bonchev–Trinajstić information content (AvgIpc) is 2.77. The van der Waals surface area contributed by atoms with Gasteiger partial charge in [0.25, 0.3) is 5.69 Å². The van der Waals surface area contributed by atoms with Gasteiger partial charge in [-0.25, -0.2) is 4.98 Å². The van der Waals surface area contributed by atoms with Crippen LogP contribution >= 0.6 is 11.3 Å². The maximum absolute atomic E-state index is 11.0. The smallest absolute Gasteiger partial charge is 0.278 e. The molecular formula is C12H13N3O2S. The normalized spacial score (nSPS) is 11.5. The third-order valence-corrected chi connectivity index (χ3v) is 3.61. The van der Waals surface area contributed by atoms with Gasteiger partial charge in [-0.2, -0.15) is 0 Å². The van der Waals surface area contributed by atoms with Crippen molar-refractivity contribution in [2.75, 3.05) is 0 Å². The van der Waals surface area contributed by atoms with E-state index >= 15 is 0 Å². The van der Waals surface area contributed by atoms with E-state index < -0.39 is 10.5 Å². The highest BCUT2D eigenvalue weighted by atomic mass is 32.1. The Morgan fingerprint density at radius 2 is 2.06 bits per heavy atom. The molecule has 0 bridgehead atoms. The van der Waals surface area contributed by atoms with Crippen LogP contribution in [0, 0.1) is 10.1 Å². The van der Waals surface area contributed by atoms with Gasteiger partial charge in [0.2, 0.25) is 0 Å². The number of hydrogen-bond donors (Lipinski definition) is 1. The van der Waals surface area contributed by atoms with Gasteiger partial charge in [0, 0.05) is 11.4 Å². The summed E-state index contributed by atoms with van der Waals surface area (Å²) >= 11 is 1.41. The first-order chi connectivity index (χ1) is 8.39. The van der Waals surface area contributed by atoms with Gasteiger partial charge >= 0.3 is 0 Å². The van der Waals surface area contributed by atoms with Crippen molar-refractivity contribution >= 4 is 17.0 Å². The number of nitrogens with zero attached hydrogens (tertiary/aromatic N) is 2. The molecule has 0 aliphatic rings. The molecule has 1 heterocycles. The number of thiazole rings is 1. The third kappa shape index (κ3) is 2.39. The molecule has 1 aromatic heterocycles. The first-order valence-corrected chi connectivity index (χ1v) is 6.26. The monoisotopic (exact) mass is 263 g/mol. The van der Waals surface area contributed by atoms with Gasteiger partial charge < -0.3 is 5.73 Å². The van der Waals surface area contributed by atoms with Gasteiger partial charge in [-0.3, -0.25) is 10.1 Å². The summed E-state index contributed by atoms with van der Waals surface area (Å²) in [5.41, 5.74) is 6.60. The molecule has 5 nitrogen and oxygen atoms in total. The van der Waals surface area contributed by atoms with Gasteiger partial charge in [0.15, 0.2) is 0 Å². The first kappa shape index (κ1) is 12.7. The van der Waals surface area contributed by atoms with E-state index in [4.69, 9.17) is 5.73 Å². The van der Waals surface area contributed by atoms with Crippen molar-refractivity contribution in [1.82, 2.24) is 4.98 Å². The zero-order valence-corrected chi connectivity index (χ0v) is 10.9. The Morgan fingerprint density at radius 3 is 2.61 bits per heavy atom. The lowest BCUT2D eigenvalue weighted by Crippen LogP contribution is -2.28. The standard InChI is InChI=1S/C12H13N3O2S/c1-12(2,13)11-14-9(7-18-11)8-5-3-4-6-10(8)15(16)17/h3-7H,13H2,1-2H3. The van der Waals surface area contributed by atoms with Crippen LogP contribution in [-0.2, 0) is 5.54 Å². The predicted octanol–water partition coefficient (Wildman–Crippen LogP) is 2.91. The second kappa shape index (κ2) is 4.47. The van der Waals surface area contributed by atoms with E-state index in [0.29, 0.717) is 11.3 Å². The minimum absolute atomic E-state index is 0.0594. The SMILES string of the molecule is CC(C)(N)c1nc(-c2ccccc2[N+](=O)[O-])cs1. The molecule has 2 aromatic rings. The van der Waals surface area contributed by atoms with Crippen LogP contribution in [0.1, 0.15) is 18.9 Å². The van der Waals surface area contributed by atoms with Crippen LogP contribution in [0.2, 0.25) is 0 Å². The molecule has 2 N–H and O–H groups in total. The van der Waals surface area contributed by atoms with Gasteiger partial charge in [-0.1, -0.05) is 12.1 Å². The second-order valence-corrected chi connectivity index (χ2v) is 5.39. The van der Waals surface area contributed by atoms with Crippen molar-refractivity contribution in [3.8, 4) is 11.3 Å². The molecule has 2 rings (SSSR count). The largest absolute Gasteiger partial charge is 0.320 e. The Labute approximate surface area is 108 Å². The number of nitrogens with two attached hydrogens (primary N) is 1. The molecule has 0 spiro atoms. The lowest BCUT2D eigenvalue weighted by Gasteiger charge is -2.13.